The number of ether oxygens (including phenoxy) is 1. The van der Waals surface area contributed by atoms with Gasteiger partial charge < -0.3 is 19.6 Å². The second kappa shape index (κ2) is 14.9. The average molecular weight is 737 g/mol. The number of carbonyl (C=O) groups is 3. The molecule has 3 fully saturated rings. The first-order chi connectivity index (χ1) is 24.3. The van der Waals surface area contributed by atoms with Gasteiger partial charge in [-0.3, -0.25) is 14.3 Å². The van der Waals surface area contributed by atoms with Gasteiger partial charge in [0.25, 0.3) is 5.91 Å². The molecule has 1 aliphatic carbocycles. The Morgan fingerprint density at radius 2 is 1.60 bits per heavy atom. The van der Waals surface area contributed by atoms with Gasteiger partial charge in [-0.1, -0.05) is 30.3 Å². The molecule has 0 radical (unpaired) electrons. The molecule has 3 heterocycles. The number of benzene rings is 2. The van der Waals surface area contributed by atoms with Crippen molar-refractivity contribution in [3.63, 3.8) is 0 Å². The molecule has 0 unspecified atom stereocenters. The maximum Gasteiger partial charge on any atom is 0.402 e. The summed E-state index contributed by atoms with van der Waals surface area (Å²) in [7, 11) is 1.50. The van der Waals surface area contributed by atoms with Gasteiger partial charge in [0.05, 0.1) is 30.5 Å². The molecule has 52 heavy (non-hydrogen) atoms. The molecule has 2 amide bonds. The molecular formula is C37H42F6N4O5. The van der Waals surface area contributed by atoms with E-state index in [0.717, 1.165) is 19.4 Å². The Balaban J connectivity index is 0.000000225. The second-order valence-corrected chi connectivity index (χ2v) is 14.6. The van der Waals surface area contributed by atoms with E-state index in [-0.39, 0.29) is 61.2 Å². The van der Waals surface area contributed by atoms with Crippen LogP contribution in [0.25, 0.3) is 0 Å². The molecule has 1 saturated carbocycles. The number of alkyl halides is 5. The summed E-state index contributed by atoms with van der Waals surface area (Å²) in [5.41, 5.74) is -0.0648. The molecule has 2 saturated heterocycles. The number of methoxy groups -OCH3 is 1. The number of aromatic nitrogens is 2. The monoisotopic (exact) mass is 736 g/mol. The van der Waals surface area contributed by atoms with Gasteiger partial charge in [0.15, 0.2) is 0 Å². The van der Waals surface area contributed by atoms with E-state index in [9.17, 15) is 45.8 Å². The number of carboxylic acids is 1. The third kappa shape index (κ3) is 8.45. The number of rotatable bonds is 8. The van der Waals surface area contributed by atoms with E-state index in [1.54, 1.807) is 46.1 Å². The predicted molar refractivity (Wildman–Crippen MR) is 177 cm³/mol. The smallest absolute Gasteiger partial charge is 0.402 e. The largest absolute Gasteiger partial charge is 0.478 e. The number of carboxylic acid groups (broad SMARTS) is 1. The Morgan fingerprint density at radius 1 is 0.962 bits per heavy atom. The van der Waals surface area contributed by atoms with Crippen LogP contribution in [0.2, 0.25) is 0 Å². The Bertz CT molecular complexity index is 1760. The maximum atomic E-state index is 13.2. The van der Waals surface area contributed by atoms with E-state index >= 15 is 0 Å². The number of amides is 2. The minimum Gasteiger partial charge on any atom is -0.478 e. The summed E-state index contributed by atoms with van der Waals surface area (Å²) in [6.07, 6.45) is -0.584. The number of hydrogen-bond donors (Lipinski definition) is 1. The highest BCUT2D eigenvalue weighted by Crippen LogP contribution is 2.46. The molecule has 1 N–H and O–H groups in total. The number of likely N-dealkylation sites (tertiary alicyclic amines) is 2. The van der Waals surface area contributed by atoms with Crippen LogP contribution in [0.4, 0.5) is 26.3 Å². The van der Waals surface area contributed by atoms with Crippen molar-refractivity contribution >= 4 is 17.8 Å². The lowest BCUT2D eigenvalue weighted by Crippen LogP contribution is -2.63. The average Bonchev–Trinajstić information content (AvgIpc) is 3.73. The number of aromatic carboxylic acids is 1. The standard InChI is InChI=1S/C22H24F4N4O2.C15H18F2O3/c1-20(2,22(24,25)26)19(32)29-13-21(14-29)7-8-28(12-21)18(31)16-9-27-30(11-16)10-15-3-5-17(23)6-4-15;1-20-9-11-3-2-4-12(13(11)14(18)19)10-5-7-15(16,17)8-6-10/h3-6,9,11H,7-8,10,12-14H2,1-2H3;2-4,10H,5-9H2,1H3,(H,18,19). The summed E-state index contributed by atoms with van der Waals surface area (Å²) in [6, 6.07) is 11.2. The van der Waals surface area contributed by atoms with E-state index in [1.165, 1.54) is 30.3 Å². The predicted octanol–water partition coefficient (Wildman–Crippen LogP) is 7.16. The summed E-state index contributed by atoms with van der Waals surface area (Å²) in [6.45, 7) is 3.71. The zero-order valence-corrected chi connectivity index (χ0v) is 29.2. The first kappa shape index (κ1) is 38.8. The zero-order valence-electron chi connectivity index (χ0n) is 29.2. The molecule has 0 bridgehead atoms. The summed E-state index contributed by atoms with van der Waals surface area (Å²) in [4.78, 5) is 39.6. The lowest BCUT2D eigenvalue weighted by Gasteiger charge is -2.50. The minimum atomic E-state index is -4.61. The van der Waals surface area contributed by atoms with Crippen LogP contribution in [0.1, 0.15) is 89.3 Å². The quantitative estimate of drug-likeness (QED) is 0.246. The third-order valence-corrected chi connectivity index (χ3v) is 10.3. The number of hydrogen-bond acceptors (Lipinski definition) is 5. The van der Waals surface area contributed by atoms with Crippen molar-refractivity contribution in [1.29, 1.82) is 0 Å². The van der Waals surface area contributed by atoms with Crippen molar-refractivity contribution in [2.24, 2.45) is 10.8 Å². The van der Waals surface area contributed by atoms with Gasteiger partial charge in [-0.05, 0) is 67.9 Å². The molecular weight excluding hydrogens is 694 g/mol. The summed E-state index contributed by atoms with van der Waals surface area (Å²) < 4.78 is 85.6. The maximum absolute atomic E-state index is 13.2. The van der Waals surface area contributed by atoms with Gasteiger partial charge in [0.2, 0.25) is 11.8 Å². The summed E-state index contributed by atoms with van der Waals surface area (Å²) >= 11 is 0. The highest BCUT2D eigenvalue weighted by Gasteiger charge is 2.59. The molecule has 2 aliphatic heterocycles. The van der Waals surface area contributed by atoms with Crippen LogP contribution in [0.5, 0.6) is 0 Å². The van der Waals surface area contributed by atoms with Crippen molar-refractivity contribution in [2.75, 3.05) is 33.3 Å². The van der Waals surface area contributed by atoms with E-state index in [4.69, 9.17) is 4.74 Å². The summed E-state index contributed by atoms with van der Waals surface area (Å²) in [5.74, 6) is -5.20. The van der Waals surface area contributed by atoms with E-state index in [1.807, 2.05) is 0 Å². The Kier molecular flexibility index (Phi) is 11.1. The van der Waals surface area contributed by atoms with Crippen LogP contribution in [-0.4, -0.2) is 87.9 Å². The molecule has 2 aromatic carbocycles. The number of nitrogens with zero attached hydrogens (tertiary/aromatic N) is 4. The van der Waals surface area contributed by atoms with Gasteiger partial charge >= 0.3 is 12.1 Å². The van der Waals surface area contributed by atoms with E-state index in [0.29, 0.717) is 55.6 Å². The molecule has 9 nitrogen and oxygen atoms in total. The molecule has 3 aliphatic rings. The fourth-order valence-corrected chi connectivity index (χ4v) is 7.16. The molecule has 6 rings (SSSR count). The normalized spacial score (nSPS) is 18.5. The fraction of sp³-hybridized carbons (Fsp3) is 0.514. The van der Waals surface area contributed by atoms with Gasteiger partial charge in [0, 0.05) is 57.7 Å². The lowest BCUT2D eigenvalue weighted by molar-refractivity contribution is -0.222. The van der Waals surface area contributed by atoms with E-state index < -0.39 is 29.4 Å². The van der Waals surface area contributed by atoms with Crippen molar-refractivity contribution in [2.45, 2.75) is 77.1 Å². The van der Waals surface area contributed by atoms with Crippen LogP contribution < -0.4 is 0 Å². The summed E-state index contributed by atoms with van der Waals surface area (Å²) in [5, 5.41) is 13.6. The van der Waals surface area contributed by atoms with Crippen molar-refractivity contribution < 1.29 is 50.6 Å². The third-order valence-electron chi connectivity index (χ3n) is 10.3. The number of carbonyl (C=O) groups excluding carboxylic acids is 2. The lowest BCUT2D eigenvalue weighted by atomic mass is 9.77. The fourth-order valence-electron chi connectivity index (χ4n) is 7.16. The van der Waals surface area contributed by atoms with Crippen LogP contribution in [0, 0.1) is 16.6 Å². The Hall–Kier alpha value is -4.40. The van der Waals surface area contributed by atoms with Crippen molar-refractivity contribution in [3.05, 3.63) is 88.5 Å². The van der Waals surface area contributed by atoms with Crippen LogP contribution in [-0.2, 0) is 22.7 Å². The molecule has 15 heteroatoms. The Morgan fingerprint density at radius 3 is 2.19 bits per heavy atom. The number of halogens is 6. The first-order valence-electron chi connectivity index (χ1n) is 17.0. The zero-order chi connectivity index (χ0) is 38.1. The Labute approximate surface area is 297 Å². The van der Waals surface area contributed by atoms with E-state index in [2.05, 4.69) is 5.10 Å². The highest BCUT2D eigenvalue weighted by atomic mass is 19.4. The van der Waals surface area contributed by atoms with Gasteiger partial charge in [-0.2, -0.15) is 18.3 Å². The molecule has 0 atom stereocenters. The molecule has 282 valence electrons. The topological polar surface area (TPSA) is 105 Å². The minimum absolute atomic E-state index is 0.113. The first-order valence-corrected chi connectivity index (χ1v) is 17.0. The van der Waals surface area contributed by atoms with Crippen LogP contribution in [0.15, 0.2) is 54.9 Å². The van der Waals surface area contributed by atoms with Gasteiger partial charge in [-0.15, -0.1) is 0 Å². The highest BCUT2D eigenvalue weighted by molar-refractivity contribution is 5.94. The van der Waals surface area contributed by atoms with Crippen LogP contribution >= 0.6 is 0 Å². The molecule has 1 aromatic heterocycles. The molecule has 1 spiro atoms. The van der Waals surface area contributed by atoms with Crippen molar-refractivity contribution in [1.82, 2.24) is 19.6 Å². The van der Waals surface area contributed by atoms with Crippen molar-refractivity contribution in [3.8, 4) is 0 Å². The molecule has 3 aromatic rings. The van der Waals surface area contributed by atoms with Gasteiger partial charge in [-0.25, -0.2) is 18.0 Å². The SMILES string of the molecule is CC(C)(C(=O)N1CC2(CCN(C(=O)c3cnn(Cc4ccc(F)cc4)c3)C2)C1)C(F)(F)F.COCc1cccc(C2CCC(F)(F)CC2)c1C(=O)O. The van der Waals surface area contributed by atoms with Crippen LogP contribution in [0.3, 0.4) is 0 Å². The van der Waals surface area contributed by atoms with Gasteiger partial charge in [0.1, 0.15) is 11.2 Å². The second-order valence-electron chi connectivity index (χ2n) is 14.6.